The zero-order valence-corrected chi connectivity index (χ0v) is 18.1. The fourth-order valence-electron chi connectivity index (χ4n) is 3.48. The van der Waals surface area contributed by atoms with Gasteiger partial charge in [-0.15, -0.1) is 0 Å². The number of aliphatic hydroxyl groups is 1. The number of aromatic nitrogens is 2. The first-order valence-corrected chi connectivity index (χ1v) is 10.9. The maximum absolute atomic E-state index is 13.2. The van der Waals surface area contributed by atoms with Gasteiger partial charge in [0.2, 0.25) is 0 Å². The van der Waals surface area contributed by atoms with Crippen LogP contribution < -0.4 is 10.9 Å². The van der Waals surface area contributed by atoms with E-state index in [-0.39, 0.29) is 36.3 Å². The molecule has 1 unspecified atom stereocenters. The lowest BCUT2D eigenvalue weighted by molar-refractivity contribution is -0.123. The molecule has 4 rings (SSSR count). The first-order valence-electron chi connectivity index (χ1n) is 9.72. The molecule has 10 heteroatoms. The van der Waals surface area contributed by atoms with E-state index in [0.29, 0.717) is 33.8 Å². The highest BCUT2D eigenvalue weighted by molar-refractivity contribution is 8.26. The number of nitrogens with one attached hydrogen (secondary N) is 1. The SMILES string of the molecule is Cc1ccc2nc(NCCO)c(/C=C3/SC(=S)N(CC4CCCO4)C3=O)c(=O)n2c1. The van der Waals surface area contributed by atoms with Crippen molar-refractivity contribution in [3.05, 3.63) is 44.7 Å². The normalized spacial score (nSPS) is 20.7. The number of carbonyl (C=O) groups is 1. The van der Waals surface area contributed by atoms with E-state index in [0.717, 1.165) is 18.4 Å². The molecule has 158 valence electrons. The van der Waals surface area contributed by atoms with Crippen molar-refractivity contribution < 1.29 is 14.6 Å². The lowest BCUT2D eigenvalue weighted by Gasteiger charge is -2.18. The molecule has 0 radical (unpaired) electrons. The number of nitrogens with zero attached hydrogens (tertiary/aromatic N) is 3. The number of aliphatic hydroxyl groups excluding tert-OH is 1. The number of thioether (sulfide) groups is 1. The van der Waals surface area contributed by atoms with Gasteiger partial charge in [0.1, 0.15) is 15.8 Å². The van der Waals surface area contributed by atoms with Crippen molar-refractivity contribution in [2.45, 2.75) is 25.9 Å². The molecule has 0 spiro atoms. The van der Waals surface area contributed by atoms with Crippen LogP contribution in [-0.2, 0) is 9.53 Å². The Balaban J connectivity index is 1.73. The minimum Gasteiger partial charge on any atom is -0.395 e. The summed E-state index contributed by atoms with van der Waals surface area (Å²) in [5, 5.41) is 12.2. The van der Waals surface area contributed by atoms with Gasteiger partial charge >= 0.3 is 0 Å². The van der Waals surface area contributed by atoms with Crippen LogP contribution >= 0.6 is 24.0 Å². The molecule has 2 aliphatic rings. The molecule has 0 saturated carbocycles. The van der Waals surface area contributed by atoms with Crippen LogP contribution in [0.1, 0.15) is 24.0 Å². The third kappa shape index (κ3) is 4.13. The zero-order valence-electron chi connectivity index (χ0n) is 16.5. The molecular formula is C20H22N4O4S2. The van der Waals surface area contributed by atoms with E-state index in [1.807, 2.05) is 13.0 Å². The van der Waals surface area contributed by atoms with Gasteiger partial charge in [-0.2, -0.15) is 0 Å². The standard InChI is InChI=1S/C20H22N4O4S2/c1-12-4-5-16-22-17(21-6-7-25)14(18(26)23(16)10-12)9-15-19(27)24(20(29)30-15)11-13-3-2-8-28-13/h4-5,9-10,13,21,25H,2-3,6-8,11H2,1H3/b15-9+. The highest BCUT2D eigenvalue weighted by atomic mass is 32.2. The molecule has 1 atom stereocenters. The fourth-order valence-corrected chi connectivity index (χ4v) is 4.74. The molecule has 2 N–H and O–H groups in total. The van der Waals surface area contributed by atoms with Crippen molar-refractivity contribution in [3.8, 4) is 0 Å². The molecule has 1 amide bonds. The van der Waals surface area contributed by atoms with Gasteiger partial charge < -0.3 is 15.2 Å². The Kier molecular flexibility index (Phi) is 6.19. The van der Waals surface area contributed by atoms with Crippen molar-refractivity contribution >= 4 is 51.7 Å². The summed E-state index contributed by atoms with van der Waals surface area (Å²) in [6.45, 7) is 3.13. The number of carbonyl (C=O) groups excluding carboxylic acids is 1. The first-order chi connectivity index (χ1) is 14.5. The molecule has 30 heavy (non-hydrogen) atoms. The molecule has 8 nitrogen and oxygen atoms in total. The summed E-state index contributed by atoms with van der Waals surface area (Å²) in [6.07, 6.45) is 5.12. The van der Waals surface area contributed by atoms with Gasteiger partial charge in [-0.1, -0.05) is 30.0 Å². The summed E-state index contributed by atoms with van der Waals surface area (Å²) in [5.74, 6) is 0.0876. The molecular weight excluding hydrogens is 424 g/mol. The van der Waals surface area contributed by atoms with Crippen molar-refractivity contribution in [2.24, 2.45) is 0 Å². The van der Waals surface area contributed by atoms with E-state index in [2.05, 4.69) is 10.3 Å². The number of thiocarbonyl (C=S) groups is 1. The number of hydrogen-bond donors (Lipinski definition) is 2. The Hall–Kier alpha value is -2.27. The van der Waals surface area contributed by atoms with Gasteiger partial charge in [-0.25, -0.2) is 4.98 Å². The minimum atomic E-state index is -0.298. The Morgan fingerprint density at radius 3 is 3.00 bits per heavy atom. The molecule has 2 aromatic rings. The van der Waals surface area contributed by atoms with Gasteiger partial charge in [0.05, 0.1) is 29.7 Å². The molecule has 4 heterocycles. The van der Waals surface area contributed by atoms with Crippen molar-refractivity contribution in [1.82, 2.24) is 14.3 Å². The molecule has 2 aromatic heterocycles. The molecule has 2 saturated heterocycles. The summed E-state index contributed by atoms with van der Waals surface area (Å²) in [4.78, 5) is 32.6. The summed E-state index contributed by atoms with van der Waals surface area (Å²) in [7, 11) is 0. The van der Waals surface area contributed by atoms with Gasteiger partial charge in [-0.05, 0) is 37.5 Å². The number of amides is 1. The van der Waals surface area contributed by atoms with E-state index < -0.39 is 0 Å². The van der Waals surface area contributed by atoms with Crippen LogP contribution in [-0.4, -0.2) is 62.0 Å². The largest absolute Gasteiger partial charge is 0.395 e. The maximum atomic E-state index is 13.2. The average molecular weight is 447 g/mol. The summed E-state index contributed by atoms with van der Waals surface area (Å²) in [5.41, 5.74) is 1.35. The predicted molar refractivity (Wildman–Crippen MR) is 121 cm³/mol. The lowest BCUT2D eigenvalue weighted by Crippen LogP contribution is -2.35. The number of ether oxygens (including phenoxy) is 1. The number of anilines is 1. The van der Waals surface area contributed by atoms with Crippen LogP contribution in [0, 0.1) is 6.92 Å². The fraction of sp³-hybridized carbons (Fsp3) is 0.400. The van der Waals surface area contributed by atoms with E-state index in [1.165, 1.54) is 16.2 Å². The Labute approximate surface area is 182 Å². The zero-order chi connectivity index (χ0) is 21.3. The average Bonchev–Trinajstić information content (AvgIpc) is 3.33. The minimum absolute atomic E-state index is 0.00966. The smallest absolute Gasteiger partial charge is 0.267 e. The second kappa shape index (κ2) is 8.84. The number of fused-ring (bicyclic) bond motifs is 1. The first kappa shape index (κ1) is 21.0. The lowest BCUT2D eigenvalue weighted by atomic mass is 10.2. The summed E-state index contributed by atoms with van der Waals surface area (Å²) in [6, 6.07) is 3.62. The number of hydrogen-bond acceptors (Lipinski definition) is 8. The van der Waals surface area contributed by atoms with Crippen LogP contribution in [0.3, 0.4) is 0 Å². The van der Waals surface area contributed by atoms with Crippen LogP contribution in [0.4, 0.5) is 5.82 Å². The number of aryl methyl sites for hydroxylation is 1. The van der Waals surface area contributed by atoms with Crippen LogP contribution in [0.5, 0.6) is 0 Å². The van der Waals surface area contributed by atoms with Crippen molar-refractivity contribution in [3.63, 3.8) is 0 Å². The molecule has 0 aromatic carbocycles. The van der Waals surface area contributed by atoms with Crippen LogP contribution in [0.25, 0.3) is 11.7 Å². The Morgan fingerprint density at radius 2 is 2.27 bits per heavy atom. The summed E-state index contributed by atoms with van der Waals surface area (Å²) >= 11 is 6.57. The molecule has 0 aliphatic carbocycles. The Bertz CT molecular complexity index is 1090. The molecule has 2 aliphatic heterocycles. The molecule has 0 bridgehead atoms. The van der Waals surface area contributed by atoms with Gasteiger partial charge in [0.25, 0.3) is 11.5 Å². The Morgan fingerprint density at radius 1 is 1.43 bits per heavy atom. The van der Waals surface area contributed by atoms with Crippen LogP contribution in [0.15, 0.2) is 28.0 Å². The number of rotatable bonds is 6. The van der Waals surface area contributed by atoms with E-state index in [4.69, 9.17) is 17.0 Å². The molecule has 2 fully saturated rings. The topological polar surface area (TPSA) is 96.2 Å². The summed E-state index contributed by atoms with van der Waals surface area (Å²) < 4.78 is 7.54. The second-order valence-corrected chi connectivity index (χ2v) is 8.87. The van der Waals surface area contributed by atoms with Gasteiger partial charge in [-0.3, -0.25) is 18.9 Å². The third-order valence-corrected chi connectivity index (χ3v) is 6.35. The highest BCUT2D eigenvalue weighted by Crippen LogP contribution is 2.34. The van der Waals surface area contributed by atoms with Crippen molar-refractivity contribution in [1.29, 1.82) is 0 Å². The van der Waals surface area contributed by atoms with E-state index in [9.17, 15) is 14.7 Å². The van der Waals surface area contributed by atoms with Crippen LogP contribution in [0.2, 0.25) is 0 Å². The predicted octanol–water partition coefficient (Wildman–Crippen LogP) is 1.79. The monoisotopic (exact) mass is 446 g/mol. The third-order valence-electron chi connectivity index (χ3n) is 4.97. The van der Waals surface area contributed by atoms with E-state index in [1.54, 1.807) is 23.2 Å². The highest BCUT2D eigenvalue weighted by Gasteiger charge is 2.35. The maximum Gasteiger partial charge on any atom is 0.267 e. The van der Waals surface area contributed by atoms with Gasteiger partial charge in [0.15, 0.2) is 0 Å². The van der Waals surface area contributed by atoms with Crippen molar-refractivity contribution in [2.75, 3.05) is 31.6 Å². The second-order valence-electron chi connectivity index (χ2n) is 7.19. The quantitative estimate of drug-likeness (QED) is 0.512. The van der Waals surface area contributed by atoms with E-state index >= 15 is 0 Å². The number of pyridine rings is 1. The van der Waals surface area contributed by atoms with Gasteiger partial charge in [0, 0.05) is 19.3 Å².